The quantitative estimate of drug-likeness (QED) is 0.269. The third-order valence-electron chi connectivity index (χ3n) is 11.2. The van der Waals surface area contributed by atoms with Crippen molar-refractivity contribution in [3.63, 3.8) is 0 Å². The second kappa shape index (κ2) is 14.0. The molecule has 272 valence electrons. The Morgan fingerprint density at radius 3 is 1.75 bits per heavy atom. The van der Waals surface area contributed by atoms with Crippen LogP contribution in [0, 0.1) is 0 Å². The van der Waals surface area contributed by atoms with Crippen molar-refractivity contribution >= 4 is 35.0 Å². The average Bonchev–Trinajstić information content (AvgIpc) is 4.03. The molecule has 4 amide bonds. The van der Waals surface area contributed by atoms with Crippen LogP contribution in [0.1, 0.15) is 75.1 Å². The molecule has 0 aliphatic carbocycles. The normalized spacial score (nSPS) is 23.2. The molecule has 8 rings (SSSR count). The fourth-order valence-electron chi connectivity index (χ4n) is 8.59. The van der Waals surface area contributed by atoms with E-state index in [-0.39, 0.29) is 23.9 Å². The number of amides is 4. The largest absolute Gasteiger partial charge is 0.453 e. The SMILES string of the molecule is COC(=O)N1CCC[C@H]1C(=O)N1CCC[C@H]1c1ncc(-c2ccc(-c3ccc4nc([C@@H]5CCCN5C(=O)[C@@H]5CCCN5C(=O)OC)[nH]c4c3)cc2)[nH]1. The Bertz CT molecular complexity index is 1990. The number of aromatic nitrogens is 4. The molecule has 4 saturated heterocycles. The van der Waals surface area contributed by atoms with Crippen molar-refractivity contribution < 1.29 is 28.7 Å². The predicted molar refractivity (Wildman–Crippen MR) is 191 cm³/mol. The van der Waals surface area contributed by atoms with Gasteiger partial charge in [-0.1, -0.05) is 30.3 Å². The van der Waals surface area contributed by atoms with Crippen LogP contribution in [-0.2, 0) is 19.1 Å². The highest BCUT2D eigenvalue weighted by molar-refractivity contribution is 5.88. The number of benzene rings is 2. The van der Waals surface area contributed by atoms with E-state index in [0.717, 1.165) is 83.6 Å². The molecule has 4 aliphatic heterocycles. The van der Waals surface area contributed by atoms with Crippen molar-refractivity contribution in [2.75, 3.05) is 40.4 Å². The Kier molecular flexibility index (Phi) is 9.06. The number of nitrogens with zero attached hydrogens (tertiary/aromatic N) is 6. The lowest BCUT2D eigenvalue weighted by atomic mass is 10.0. The van der Waals surface area contributed by atoms with Gasteiger partial charge in [0.15, 0.2) is 0 Å². The van der Waals surface area contributed by atoms with Gasteiger partial charge in [0, 0.05) is 26.2 Å². The molecule has 0 bridgehead atoms. The van der Waals surface area contributed by atoms with Crippen LogP contribution in [0.4, 0.5) is 9.59 Å². The fraction of sp³-hybridized carbons (Fsp3) is 0.474. The summed E-state index contributed by atoms with van der Waals surface area (Å²) in [5, 5.41) is 0. The number of nitrogens with one attached hydrogen (secondary N) is 2. The number of carbonyl (C=O) groups excluding carboxylic acids is 4. The van der Waals surface area contributed by atoms with E-state index in [1.807, 2.05) is 22.1 Å². The highest BCUT2D eigenvalue weighted by atomic mass is 16.5. The van der Waals surface area contributed by atoms with E-state index in [2.05, 4.69) is 46.4 Å². The lowest BCUT2D eigenvalue weighted by Gasteiger charge is -2.30. The van der Waals surface area contributed by atoms with Crippen molar-refractivity contribution in [1.29, 1.82) is 0 Å². The van der Waals surface area contributed by atoms with Crippen LogP contribution in [0.3, 0.4) is 0 Å². The Morgan fingerprint density at radius 2 is 1.15 bits per heavy atom. The summed E-state index contributed by atoms with van der Waals surface area (Å²) in [5.41, 5.74) is 5.66. The third-order valence-corrected chi connectivity index (χ3v) is 11.2. The van der Waals surface area contributed by atoms with Crippen LogP contribution in [0.25, 0.3) is 33.4 Å². The lowest BCUT2D eigenvalue weighted by Crippen LogP contribution is -2.47. The van der Waals surface area contributed by atoms with Crippen molar-refractivity contribution in [2.45, 2.75) is 75.5 Å². The second-order valence-electron chi connectivity index (χ2n) is 14.1. The van der Waals surface area contributed by atoms with Crippen molar-refractivity contribution in [1.82, 2.24) is 39.5 Å². The van der Waals surface area contributed by atoms with E-state index >= 15 is 0 Å². The van der Waals surface area contributed by atoms with Gasteiger partial charge in [-0.05, 0) is 80.2 Å². The van der Waals surface area contributed by atoms with E-state index in [4.69, 9.17) is 19.4 Å². The summed E-state index contributed by atoms with van der Waals surface area (Å²) in [5.74, 6) is 1.43. The molecule has 6 heterocycles. The molecule has 4 aliphatic rings. The minimum absolute atomic E-state index is 0.0406. The number of hydrogen-bond donors (Lipinski definition) is 2. The van der Waals surface area contributed by atoms with Crippen LogP contribution in [0.15, 0.2) is 48.7 Å². The zero-order chi connectivity index (χ0) is 35.9. The van der Waals surface area contributed by atoms with Crippen LogP contribution < -0.4 is 0 Å². The number of fused-ring (bicyclic) bond motifs is 1. The molecular formula is C38H44N8O6. The van der Waals surface area contributed by atoms with E-state index in [0.29, 0.717) is 39.0 Å². The highest BCUT2D eigenvalue weighted by Crippen LogP contribution is 2.36. The molecule has 0 radical (unpaired) electrons. The van der Waals surface area contributed by atoms with Gasteiger partial charge in [0.2, 0.25) is 11.8 Å². The molecule has 14 nitrogen and oxygen atoms in total. The number of likely N-dealkylation sites (tertiary alicyclic amines) is 4. The van der Waals surface area contributed by atoms with Crippen LogP contribution in [0.5, 0.6) is 0 Å². The number of rotatable bonds is 6. The van der Waals surface area contributed by atoms with Gasteiger partial charge in [-0.2, -0.15) is 0 Å². The number of aromatic amines is 2. The van der Waals surface area contributed by atoms with Gasteiger partial charge < -0.3 is 29.2 Å². The van der Waals surface area contributed by atoms with Crippen LogP contribution in [-0.4, -0.2) is 116 Å². The second-order valence-corrected chi connectivity index (χ2v) is 14.1. The molecule has 2 aromatic carbocycles. The van der Waals surface area contributed by atoms with Crippen molar-refractivity contribution in [3.05, 3.63) is 60.3 Å². The lowest BCUT2D eigenvalue weighted by molar-refractivity contribution is -0.137. The van der Waals surface area contributed by atoms with Crippen LogP contribution >= 0.6 is 0 Å². The van der Waals surface area contributed by atoms with Gasteiger partial charge in [0.1, 0.15) is 23.7 Å². The summed E-state index contributed by atoms with van der Waals surface area (Å²) in [6, 6.07) is 13.1. The first-order valence-corrected chi connectivity index (χ1v) is 18.3. The summed E-state index contributed by atoms with van der Waals surface area (Å²) in [6.45, 7) is 2.32. The first-order valence-electron chi connectivity index (χ1n) is 18.3. The Balaban J connectivity index is 0.956. The number of ether oxygens (including phenoxy) is 2. The van der Waals surface area contributed by atoms with Gasteiger partial charge in [0.25, 0.3) is 0 Å². The molecule has 4 atom stereocenters. The summed E-state index contributed by atoms with van der Waals surface area (Å²) < 4.78 is 9.85. The number of hydrogen-bond acceptors (Lipinski definition) is 8. The van der Waals surface area contributed by atoms with Crippen LogP contribution in [0.2, 0.25) is 0 Å². The minimum Gasteiger partial charge on any atom is -0.453 e. The molecule has 52 heavy (non-hydrogen) atoms. The van der Waals surface area contributed by atoms with E-state index < -0.39 is 24.3 Å². The number of imidazole rings is 2. The molecule has 2 aromatic heterocycles. The summed E-state index contributed by atoms with van der Waals surface area (Å²) >= 11 is 0. The smallest absolute Gasteiger partial charge is 0.410 e. The van der Waals surface area contributed by atoms with Gasteiger partial charge in [-0.3, -0.25) is 19.4 Å². The van der Waals surface area contributed by atoms with Crippen molar-refractivity contribution in [3.8, 4) is 22.4 Å². The standard InChI is InChI=1S/C38H44N8O6/c1-51-37(49)45-19-5-9-31(45)35(47)43-17-3-7-29(43)33-39-22-28(42-33)24-13-11-23(12-14-24)25-15-16-26-27(21-25)41-34(40-26)30-8-4-18-44(30)36(48)32-10-6-20-46(32)38(50)52-2/h11-16,21-22,29-32H,3-10,17-20H2,1-2H3,(H,39,42)(H,40,41)/t29-,30-,31-,32-/m0/s1. The number of carbonyl (C=O) groups is 4. The predicted octanol–water partition coefficient (Wildman–Crippen LogP) is 5.41. The molecule has 0 saturated carbocycles. The van der Waals surface area contributed by atoms with Gasteiger partial charge >= 0.3 is 12.2 Å². The maximum absolute atomic E-state index is 13.6. The Labute approximate surface area is 301 Å². The van der Waals surface area contributed by atoms with Gasteiger partial charge in [0.05, 0.1) is 49.2 Å². The molecule has 0 unspecified atom stereocenters. The average molecular weight is 709 g/mol. The molecular weight excluding hydrogens is 664 g/mol. The van der Waals surface area contributed by atoms with Crippen molar-refractivity contribution in [2.24, 2.45) is 0 Å². The molecule has 4 fully saturated rings. The zero-order valence-electron chi connectivity index (χ0n) is 29.5. The fourth-order valence-corrected chi connectivity index (χ4v) is 8.59. The minimum atomic E-state index is -0.496. The number of H-pyrrole nitrogens is 2. The summed E-state index contributed by atoms with van der Waals surface area (Å²) in [6.07, 6.45) is 7.12. The first kappa shape index (κ1) is 33.7. The first-order chi connectivity index (χ1) is 25.3. The van der Waals surface area contributed by atoms with Gasteiger partial charge in [-0.15, -0.1) is 0 Å². The molecule has 0 spiro atoms. The molecule has 4 aromatic rings. The maximum atomic E-state index is 13.6. The summed E-state index contributed by atoms with van der Waals surface area (Å²) in [7, 11) is 2.70. The number of methoxy groups -OCH3 is 2. The third kappa shape index (κ3) is 6.03. The summed E-state index contributed by atoms with van der Waals surface area (Å²) in [4.78, 5) is 75.2. The topological polar surface area (TPSA) is 157 Å². The maximum Gasteiger partial charge on any atom is 0.410 e. The molecule has 14 heteroatoms. The Morgan fingerprint density at radius 1 is 0.635 bits per heavy atom. The molecule has 2 N–H and O–H groups in total. The van der Waals surface area contributed by atoms with E-state index in [1.54, 1.807) is 9.80 Å². The van der Waals surface area contributed by atoms with E-state index in [9.17, 15) is 19.2 Å². The zero-order valence-corrected chi connectivity index (χ0v) is 29.5. The van der Waals surface area contributed by atoms with Gasteiger partial charge in [-0.25, -0.2) is 19.6 Å². The highest BCUT2D eigenvalue weighted by Gasteiger charge is 2.43. The van der Waals surface area contributed by atoms with E-state index in [1.165, 1.54) is 14.2 Å². The monoisotopic (exact) mass is 708 g/mol. The Hall–Kier alpha value is -5.40.